The molecule has 4 heteroatoms. The van der Waals surface area contributed by atoms with Crippen molar-refractivity contribution in [2.75, 3.05) is 0 Å². The first kappa shape index (κ1) is 12.4. The zero-order valence-corrected chi connectivity index (χ0v) is 10.3. The molecule has 0 unspecified atom stereocenters. The summed E-state index contributed by atoms with van der Waals surface area (Å²) in [5.74, 6) is 0.599. The smallest absolute Gasteiger partial charge is 0.254 e. The molecule has 2 rings (SSSR count). The number of carbonyl (C=O) groups is 1. The van der Waals surface area contributed by atoms with Crippen molar-refractivity contribution >= 4 is 5.91 Å². The predicted molar refractivity (Wildman–Crippen MR) is 68.9 cm³/mol. The van der Waals surface area contributed by atoms with E-state index in [1.165, 1.54) is 6.26 Å². The van der Waals surface area contributed by atoms with Crippen LogP contribution >= 0.6 is 0 Å². The van der Waals surface area contributed by atoms with Crippen LogP contribution in [-0.2, 0) is 13.1 Å². The summed E-state index contributed by atoms with van der Waals surface area (Å²) in [6, 6.07) is 9.56. The van der Waals surface area contributed by atoms with Crippen LogP contribution in [0.15, 0.2) is 41.0 Å². The fourth-order valence-corrected chi connectivity index (χ4v) is 1.64. The number of amides is 1. The maximum Gasteiger partial charge on any atom is 0.254 e. The summed E-state index contributed by atoms with van der Waals surface area (Å²) in [4.78, 5) is 11.8. The van der Waals surface area contributed by atoms with Gasteiger partial charge in [0.05, 0.1) is 5.56 Å². The molecule has 0 aliphatic heterocycles. The number of nitrogens with two attached hydrogens (primary N) is 1. The Morgan fingerprint density at radius 3 is 2.50 bits per heavy atom. The minimum Gasteiger partial charge on any atom is -0.469 e. The van der Waals surface area contributed by atoms with Crippen LogP contribution < -0.4 is 11.1 Å². The van der Waals surface area contributed by atoms with E-state index >= 15 is 0 Å². The van der Waals surface area contributed by atoms with Crippen LogP contribution in [0.3, 0.4) is 0 Å². The average Bonchev–Trinajstić information content (AvgIpc) is 2.83. The molecular weight excluding hydrogens is 228 g/mol. The maximum atomic E-state index is 11.8. The molecule has 1 aromatic carbocycles. The van der Waals surface area contributed by atoms with Gasteiger partial charge >= 0.3 is 0 Å². The molecule has 0 bridgehead atoms. The summed E-state index contributed by atoms with van der Waals surface area (Å²) in [6.07, 6.45) is 1.46. The summed E-state index contributed by atoms with van der Waals surface area (Å²) in [5, 5.41) is 2.84. The Bertz CT molecular complexity index is 529. The van der Waals surface area contributed by atoms with Crippen molar-refractivity contribution in [1.29, 1.82) is 0 Å². The number of benzene rings is 1. The van der Waals surface area contributed by atoms with E-state index in [1.807, 2.05) is 31.2 Å². The summed E-state index contributed by atoms with van der Waals surface area (Å²) in [5.41, 5.74) is 8.19. The third-order valence-corrected chi connectivity index (χ3v) is 2.70. The van der Waals surface area contributed by atoms with E-state index < -0.39 is 0 Å². The molecule has 4 nitrogen and oxygen atoms in total. The highest BCUT2D eigenvalue weighted by atomic mass is 16.3. The van der Waals surface area contributed by atoms with Gasteiger partial charge in [-0.05, 0) is 24.1 Å². The summed E-state index contributed by atoms with van der Waals surface area (Å²) < 4.78 is 5.09. The molecule has 0 aliphatic rings. The van der Waals surface area contributed by atoms with Gasteiger partial charge in [-0.2, -0.15) is 0 Å². The fraction of sp³-hybridized carbons (Fsp3) is 0.214. The van der Waals surface area contributed by atoms with Gasteiger partial charge in [-0.15, -0.1) is 0 Å². The predicted octanol–water partition coefficient (Wildman–Crippen LogP) is 1.98. The number of rotatable bonds is 4. The topological polar surface area (TPSA) is 68.3 Å². The highest BCUT2D eigenvalue weighted by Crippen LogP contribution is 2.07. The van der Waals surface area contributed by atoms with Gasteiger partial charge in [0.15, 0.2) is 0 Å². The molecule has 0 saturated heterocycles. The van der Waals surface area contributed by atoms with Crippen molar-refractivity contribution in [3.05, 3.63) is 59.0 Å². The van der Waals surface area contributed by atoms with E-state index in [-0.39, 0.29) is 5.91 Å². The Hall–Kier alpha value is -2.07. The Kier molecular flexibility index (Phi) is 3.79. The molecule has 0 fully saturated rings. The molecular formula is C14H16N2O2. The fourth-order valence-electron chi connectivity index (χ4n) is 1.64. The third-order valence-electron chi connectivity index (χ3n) is 2.70. The molecule has 1 aromatic heterocycles. The van der Waals surface area contributed by atoms with Gasteiger partial charge in [-0.25, -0.2) is 0 Å². The second kappa shape index (κ2) is 5.51. The summed E-state index contributed by atoms with van der Waals surface area (Å²) >= 11 is 0. The Morgan fingerprint density at radius 1 is 1.28 bits per heavy atom. The minimum atomic E-state index is -0.130. The number of aryl methyl sites for hydroxylation is 1. The van der Waals surface area contributed by atoms with Crippen LogP contribution in [0.25, 0.3) is 0 Å². The van der Waals surface area contributed by atoms with Gasteiger partial charge in [-0.3, -0.25) is 4.79 Å². The first-order valence-corrected chi connectivity index (χ1v) is 5.80. The minimum absolute atomic E-state index is 0.130. The van der Waals surface area contributed by atoms with Crippen LogP contribution in [0.5, 0.6) is 0 Å². The number of nitrogens with one attached hydrogen (secondary N) is 1. The normalized spacial score (nSPS) is 10.3. The number of hydrogen-bond acceptors (Lipinski definition) is 3. The monoisotopic (exact) mass is 244 g/mol. The molecule has 0 aliphatic carbocycles. The van der Waals surface area contributed by atoms with Gasteiger partial charge in [0.25, 0.3) is 5.91 Å². The highest BCUT2D eigenvalue weighted by molar-refractivity contribution is 5.93. The average molecular weight is 244 g/mol. The lowest BCUT2D eigenvalue weighted by Crippen LogP contribution is -2.22. The van der Waals surface area contributed by atoms with Gasteiger partial charge in [0, 0.05) is 13.1 Å². The molecule has 1 heterocycles. The number of hydrogen-bond donors (Lipinski definition) is 2. The molecule has 0 atom stereocenters. The van der Waals surface area contributed by atoms with Crippen LogP contribution in [0, 0.1) is 6.92 Å². The van der Waals surface area contributed by atoms with Gasteiger partial charge in [0.1, 0.15) is 12.0 Å². The quantitative estimate of drug-likeness (QED) is 0.864. The lowest BCUT2D eigenvalue weighted by atomic mass is 10.1. The van der Waals surface area contributed by atoms with E-state index in [4.69, 9.17) is 10.2 Å². The van der Waals surface area contributed by atoms with Gasteiger partial charge in [-0.1, -0.05) is 24.3 Å². The largest absolute Gasteiger partial charge is 0.469 e. The number of furan rings is 1. The summed E-state index contributed by atoms with van der Waals surface area (Å²) in [7, 11) is 0. The second-order valence-electron chi connectivity index (χ2n) is 4.15. The van der Waals surface area contributed by atoms with E-state index in [2.05, 4.69) is 5.32 Å². The molecule has 3 N–H and O–H groups in total. The van der Waals surface area contributed by atoms with E-state index in [0.29, 0.717) is 18.7 Å². The maximum absolute atomic E-state index is 11.8. The molecule has 0 spiro atoms. The molecule has 18 heavy (non-hydrogen) atoms. The van der Waals surface area contributed by atoms with Gasteiger partial charge < -0.3 is 15.5 Å². The van der Waals surface area contributed by atoms with Crippen LogP contribution in [0.2, 0.25) is 0 Å². The van der Waals surface area contributed by atoms with Crippen molar-refractivity contribution in [1.82, 2.24) is 5.32 Å². The lowest BCUT2D eigenvalue weighted by molar-refractivity contribution is 0.0950. The molecule has 1 amide bonds. The van der Waals surface area contributed by atoms with Gasteiger partial charge in [0.2, 0.25) is 0 Å². The van der Waals surface area contributed by atoms with Crippen LogP contribution in [-0.4, -0.2) is 5.91 Å². The van der Waals surface area contributed by atoms with Crippen molar-refractivity contribution in [3.8, 4) is 0 Å². The van der Waals surface area contributed by atoms with E-state index in [0.717, 1.165) is 16.9 Å². The second-order valence-corrected chi connectivity index (χ2v) is 4.15. The zero-order chi connectivity index (χ0) is 13.0. The standard InChI is InChI=1S/C14H16N2O2/c1-10-6-13(9-18-10)14(17)16-8-12-4-2-11(7-15)3-5-12/h2-6,9H,7-8,15H2,1H3,(H,16,17). The molecule has 0 saturated carbocycles. The van der Waals surface area contributed by atoms with Crippen molar-refractivity contribution in [2.24, 2.45) is 5.73 Å². The lowest BCUT2D eigenvalue weighted by Gasteiger charge is -2.04. The van der Waals surface area contributed by atoms with E-state index in [9.17, 15) is 4.79 Å². The SMILES string of the molecule is Cc1cc(C(=O)NCc2ccc(CN)cc2)co1. The summed E-state index contributed by atoms with van der Waals surface area (Å²) in [6.45, 7) is 2.83. The third kappa shape index (κ3) is 2.99. The Labute approximate surface area is 106 Å². The van der Waals surface area contributed by atoms with Crippen molar-refractivity contribution in [2.45, 2.75) is 20.0 Å². The first-order chi connectivity index (χ1) is 8.69. The first-order valence-electron chi connectivity index (χ1n) is 5.80. The Balaban J connectivity index is 1.92. The number of carbonyl (C=O) groups excluding carboxylic acids is 1. The van der Waals surface area contributed by atoms with Crippen molar-refractivity contribution in [3.63, 3.8) is 0 Å². The van der Waals surface area contributed by atoms with E-state index in [1.54, 1.807) is 6.07 Å². The molecule has 94 valence electrons. The highest BCUT2D eigenvalue weighted by Gasteiger charge is 2.07. The molecule has 0 radical (unpaired) electrons. The Morgan fingerprint density at radius 2 is 1.94 bits per heavy atom. The van der Waals surface area contributed by atoms with Crippen molar-refractivity contribution < 1.29 is 9.21 Å². The van der Waals surface area contributed by atoms with Crippen LogP contribution in [0.4, 0.5) is 0 Å². The zero-order valence-electron chi connectivity index (χ0n) is 10.3. The van der Waals surface area contributed by atoms with Crippen LogP contribution in [0.1, 0.15) is 27.2 Å². The molecule has 2 aromatic rings.